The summed E-state index contributed by atoms with van der Waals surface area (Å²) < 4.78 is 10.9. The molecule has 3 atom stereocenters. The fourth-order valence-electron chi connectivity index (χ4n) is 4.57. The van der Waals surface area contributed by atoms with E-state index in [9.17, 15) is 9.59 Å². The van der Waals surface area contributed by atoms with Crippen LogP contribution in [0.2, 0.25) is 0 Å². The molecule has 2 aromatic rings. The number of benzene rings is 2. The van der Waals surface area contributed by atoms with Gasteiger partial charge in [-0.05, 0) is 48.6 Å². The Kier molecular flexibility index (Phi) is 5.41. The van der Waals surface area contributed by atoms with Gasteiger partial charge in [-0.25, -0.2) is 0 Å². The predicted octanol–water partition coefficient (Wildman–Crippen LogP) is 3.46. The molecule has 0 spiro atoms. The Balaban J connectivity index is 1.92. The minimum Gasteiger partial charge on any atom is -0.493 e. The maximum Gasteiger partial charge on any atom is 0.254 e. The lowest BCUT2D eigenvalue weighted by Gasteiger charge is -2.45. The first-order valence-electron chi connectivity index (χ1n) is 10.4. The van der Waals surface area contributed by atoms with Crippen LogP contribution in [0, 0.1) is 0 Å². The Morgan fingerprint density at radius 1 is 1.17 bits per heavy atom. The van der Waals surface area contributed by atoms with Gasteiger partial charge in [-0.1, -0.05) is 31.2 Å². The lowest BCUT2D eigenvalue weighted by molar-refractivity contribution is -0.125. The number of carbonyl (C=O) groups excluding carboxylic acids is 2. The van der Waals surface area contributed by atoms with Gasteiger partial charge in [-0.3, -0.25) is 9.59 Å². The van der Waals surface area contributed by atoms with Crippen molar-refractivity contribution in [2.75, 3.05) is 20.8 Å². The molecule has 0 aliphatic carbocycles. The largest absolute Gasteiger partial charge is 0.493 e. The van der Waals surface area contributed by atoms with Crippen LogP contribution in [0.3, 0.4) is 0 Å². The Bertz CT molecular complexity index is 987. The van der Waals surface area contributed by atoms with E-state index < -0.39 is 5.92 Å². The second-order valence-electron chi connectivity index (χ2n) is 7.98. The highest BCUT2D eigenvalue weighted by Gasteiger charge is 2.47. The zero-order valence-corrected chi connectivity index (χ0v) is 17.9. The van der Waals surface area contributed by atoms with E-state index in [1.54, 1.807) is 26.4 Å². The van der Waals surface area contributed by atoms with E-state index in [-0.39, 0.29) is 23.9 Å². The van der Waals surface area contributed by atoms with Gasteiger partial charge in [0.2, 0.25) is 5.91 Å². The molecule has 2 aromatic carbocycles. The third-order valence-electron chi connectivity index (χ3n) is 6.31. The van der Waals surface area contributed by atoms with E-state index in [0.717, 1.165) is 18.4 Å². The van der Waals surface area contributed by atoms with Gasteiger partial charge in [-0.15, -0.1) is 0 Å². The molecule has 0 saturated heterocycles. The van der Waals surface area contributed by atoms with Gasteiger partial charge in [0.05, 0.1) is 26.2 Å². The number of methoxy groups -OCH3 is 2. The van der Waals surface area contributed by atoms with Crippen LogP contribution in [-0.4, -0.2) is 43.5 Å². The fourth-order valence-corrected chi connectivity index (χ4v) is 4.57. The SMILES string of the molecule is CC[C@H](C)NC(=O)[C@H]1c2cc(OC)c(OC)cc2C(=O)N2CCc3ccccc3[C@@H]12. The van der Waals surface area contributed by atoms with Gasteiger partial charge in [-0.2, -0.15) is 0 Å². The smallest absolute Gasteiger partial charge is 0.254 e. The molecule has 30 heavy (non-hydrogen) atoms. The second kappa shape index (κ2) is 8.01. The van der Waals surface area contributed by atoms with Crippen LogP contribution in [0.4, 0.5) is 0 Å². The van der Waals surface area contributed by atoms with Gasteiger partial charge in [0, 0.05) is 18.2 Å². The van der Waals surface area contributed by atoms with Crippen LogP contribution in [-0.2, 0) is 11.2 Å². The molecule has 2 aliphatic rings. The first kappa shape index (κ1) is 20.3. The molecular weight excluding hydrogens is 380 g/mol. The van der Waals surface area contributed by atoms with E-state index in [4.69, 9.17) is 9.47 Å². The Labute approximate surface area is 177 Å². The molecule has 0 radical (unpaired) electrons. The lowest BCUT2D eigenvalue weighted by Crippen LogP contribution is -2.51. The highest BCUT2D eigenvalue weighted by molar-refractivity contribution is 6.02. The van der Waals surface area contributed by atoms with Crippen molar-refractivity contribution in [3.05, 3.63) is 58.7 Å². The van der Waals surface area contributed by atoms with Crippen LogP contribution in [0.15, 0.2) is 36.4 Å². The first-order valence-corrected chi connectivity index (χ1v) is 10.4. The third-order valence-corrected chi connectivity index (χ3v) is 6.31. The molecule has 158 valence electrons. The zero-order chi connectivity index (χ0) is 21.4. The van der Waals surface area contributed by atoms with Crippen molar-refractivity contribution in [2.45, 2.75) is 44.7 Å². The number of nitrogens with one attached hydrogen (secondary N) is 1. The summed E-state index contributed by atoms with van der Waals surface area (Å²) in [5.74, 6) is 0.340. The van der Waals surface area contributed by atoms with Crippen molar-refractivity contribution in [2.24, 2.45) is 0 Å². The predicted molar refractivity (Wildman–Crippen MR) is 114 cm³/mol. The molecule has 2 aliphatic heterocycles. The zero-order valence-electron chi connectivity index (χ0n) is 17.9. The summed E-state index contributed by atoms with van der Waals surface area (Å²) in [7, 11) is 3.11. The Morgan fingerprint density at radius 3 is 2.57 bits per heavy atom. The molecule has 4 rings (SSSR count). The molecule has 6 heteroatoms. The van der Waals surface area contributed by atoms with Gasteiger partial charge in [0.15, 0.2) is 11.5 Å². The van der Waals surface area contributed by atoms with Crippen LogP contribution in [0.1, 0.15) is 59.3 Å². The number of amides is 2. The summed E-state index contributed by atoms with van der Waals surface area (Å²) in [6, 6.07) is 11.3. The van der Waals surface area contributed by atoms with Crippen molar-refractivity contribution in [1.29, 1.82) is 0 Å². The normalized spacial score (nSPS) is 20.5. The molecule has 0 bridgehead atoms. The molecule has 2 amide bonds. The summed E-state index contributed by atoms with van der Waals surface area (Å²) in [5, 5.41) is 3.14. The standard InChI is InChI=1S/C24H28N2O4/c1-5-14(2)25-23(27)21-17-12-19(29-3)20(30-4)13-18(17)24(28)26-11-10-15-8-6-7-9-16(15)22(21)26/h6-9,12-14,21-22H,5,10-11H2,1-4H3,(H,25,27)/t14-,21-,22-/m0/s1. The number of hydrogen-bond acceptors (Lipinski definition) is 4. The topological polar surface area (TPSA) is 67.9 Å². The van der Waals surface area contributed by atoms with Crippen molar-refractivity contribution >= 4 is 11.8 Å². The van der Waals surface area contributed by atoms with Crippen LogP contribution < -0.4 is 14.8 Å². The number of fused-ring (bicyclic) bond motifs is 4. The van der Waals surface area contributed by atoms with Crippen molar-refractivity contribution < 1.29 is 19.1 Å². The van der Waals surface area contributed by atoms with Crippen LogP contribution in [0.25, 0.3) is 0 Å². The summed E-state index contributed by atoms with van der Waals surface area (Å²) in [6.45, 7) is 4.62. The summed E-state index contributed by atoms with van der Waals surface area (Å²) in [4.78, 5) is 28.9. The van der Waals surface area contributed by atoms with E-state index in [0.29, 0.717) is 29.2 Å². The quantitative estimate of drug-likeness (QED) is 0.823. The number of rotatable bonds is 5. The highest BCUT2D eigenvalue weighted by Crippen LogP contribution is 2.48. The van der Waals surface area contributed by atoms with Crippen LogP contribution >= 0.6 is 0 Å². The maximum atomic E-state index is 13.5. The Morgan fingerprint density at radius 2 is 1.87 bits per heavy atom. The fraction of sp³-hybridized carbons (Fsp3) is 0.417. The molecule has 0 saturated carbocycles. The van der Waals surface area contributed by atoms with Crippen molar-refractivity contribution in [3.8, 4) is 11.5 Å². The van der Waals surface area contributed by atoms with Crippen molar-refractivity contribution in [1.82, 2.24) is 10.2 Å². The summed E-state index contributed by atoms with van der Waals surface area (Å²) in [6.07, 6.45) is 1.61. The molecular formula is C24H28N2O4. The monoisotopic (exact) mass is 408 g/mol. The summed E-state index contributed by atoms with van der Waals surface area (Å²) in [5.41, 5.74) is 3.43. The highest BCUT2D eigenvalue weighted by atomic mass is 16.5. The second-order valence-corrected chi connectivity index (χ2v) is 7.98. The number of hydrogen-bond donors (Lipinski definition) is 1. The van der Waals surface area contributed by atoms with E-state index in [2.05, 4.69) is 11.4 Å². The van der Waals surface area contributed by atoms with E-state index in [1.165, 1.54) is 5.56 Å². The van der Waals surface area contributed by atoms with Gasteiger partial charge < -0.3 is 19.7 Å². The third kappa shape index (κ3) is 3.20. The minimum absolute atomic E-state index is 0.0472. The average molecular weight is 408 g/mol. The summed E-state index contributed by atoms with van der Waals surface area (Å²) >= 11 is 0. The molecule has 0 aromatic heterocycles. The molecule has 1 N–H and O–H groups in total. The molecule has 0 unspecified atom stereocenters. The molecule has 6 nitrogen and oxygen atoms in total. The molecule has 2 heterocycles. The van der Waals surface area contributed by atoms with Gasteiger partial charge >= 0.3 is 0 Å². The first-order chi connectivity index (χ1) is 14.5. The number of ether oxygens (including phenoxy) is 2. The average Bonchev–Trinajstić information content (AvgIpc) is 2.78. The van der Waals surface area contributed by atoms with Crippen LogP contribution in [0.5, 0.6) is 11.5 Å². The van der Waals surface area contributed by atoms with E-state index >= 15 is 0 Å². The van der Waals surface area contributed by atoms with Gasteiger partial charge in [0.25, 0.3) is 5.91 Å². The molecule has 0 fully saturated rings. The van der Waals surface area contributed by atoms with Crippen molar-refractivity contribution in [3.63, 3.8) is 0 Å². The van der Waals surface area contributed by atoms with Gasteiger partial charge in [0.1, 0.15) is 0 Å². The lowest BCUT2D eigenvalue weighted by atomic mass is 9.75. The number of nitrogens with zero attached hydrogens (tertiary/aromatic N) is 1. The minimum atomic E-state index is -0.520. The maximum absolute atomic E-state index is 13.5. The Hall–Kier alpha value is -3.02. The van der Waals surface area contributed by atoms with E-state index in [1.807, 2.05) is 36.9 Å². The number of carbonyl (C=O) groups is 2.